The zero-order valence-corrected chi connectivity index (χ0v) is 12.8. The quantitative estimate of drug-likeness (QED) is 0.762. The van der Waals surface area contributed by atoms with E-state index < -0.39 is 5.97 Å². The zero-order valence-electron chi connectivity index (χ0n) is 12.8. The van der Waals surface area contributed by atoms with Crippen molar-refractivity contribution >= 4 is 11.9 Å². The van der Waals surface area contributed by atoms with Gasteiger partial charge in [0.15, 0.2) is 6.61 Å². The summed E-state index contributed by atoms with van der Waals surface area (Å²) in [5.74, 6) is 0.278. The molecule has 0 aromatic heterocycles. The first kappa shape index (κ1) is 16.3. The lowest BCUT2D eigenvalue weighted by Crippen LogP contribution is -2.40. The lowest BCUT2D eigenvalue weighted by Gasteiger charge is -2.21. The minimum atomic E-state index is -0.427. The SMILES string of the molecule is COC(=O)COc1cccc(CNC(=O)C2CCCNC2)c1. The van der Waals surface area contributed by atoms with Gasteiger partial charge in [-0.2, -0.15) is 0 Å². The number of piperidine rings is 1. The maximum Gasteiger partial charge on any atom is 0.343 e. The number of benzene rings is 1. The van der Waals surface area contributed by atoms with Gasteiger partial charge in [0.25, 0.3) is 0 Å². The van der Waals surface area contributed by atoms with Crippen molar-refractivity contribution in [1.82, 2.24) is 10.6 Å². The van der Waals surface area contributed by atoms with Gasteiger partial charge in [0, 0.05) is 13.1 Å². The zero-order chi connectivity index (χ0) is 15.8. The lowest BCUT2D eigenvalue weighted by molar-refractivity contribution is -0.142. The maximum atomic E-state index is 12.1. The summed E-state index contributed by atoms with van der Waals surface area (Å²) in [5.41, 5.74) is 0.930. The van der Waals surface area contributed by atoms with Gasteiger partial charge in [0.1, 0.15) is 5.75 Å². The first-order valence-corrected chi connectivity index (χ1v) is 7.46. The minimum Gasteiger partial charge on any atom is -0.482 e. The maximum absolute atomic E-state index is 12.1. The van der Waals surface area contributed by atoms with Crippen LogP contribution in [0.2, 0.25) is 0 Å². The van der Waals surface area contributed by atoms with E-state index in [1.165, 1.54) is 7.11 Å². The van der Waals surface area contributed by atoms with Gasteiger partial charge in [-0.3, -0.25) is 4.79 Å². The summed E-state index contributed by atoms with van der Waals surface area (Å²) in [6, 6.07) is 7.31. The van der Waals surface area contributed by atoms with Crippen molar-refractivity contribution in [2.75, 3.05) is 26.8 Å². The Morgan fingerprint density at radius 1 is 1.41 bits per heavy atom. The van der Waals surface area contributed by atoms with Gasteiger partial charge in [-0.25, -0.2) is 4.79 Å². The summed E-state index contributed by atoms with van der Waals surface area (Å²) in [4.78, 5) is 23.1. The molecule has 1 aromatic rings. The number of hydrogen-bond donors (Lipinski definition) is 2. The third-order valence-corrected chi connectivity index (χ3v) is 3.62. The third kappa shape index (κ3) is 5.04. The fourth-order valence-electron chi connectivity index (χ4n) is 2.36. The highest BCUT2D eigenvalue weighted by molar-refractivity contribution is 5.79. The van der Waals surface area contributed by atoms with Gasteiger partial charge >= 0.3 is 5.97 Å². The number of carbonyl (C=O) groups is 2. The normalized spacial score (nSPS) is 17.6. The first-order valence-electron chi connectivity index (χ1n) is 7.46. The van der Waals surface area contributed by atoms with Gasteiger partial charge in [0.2, 0.25) is 5.91 Å². The lowest BCUT2D eigenvalue weighted by atomic mass is 9.99. The molecule has 1 fully saturated rings. The Labute approximate surface area is 130 Å². The van der Waals surface area contributed by atoms with Crippen LogP contribution in [0.3, 0.4) is 0 Å². The molecule has 1 heterocycles. The molecular formula is C16H22N2O4. The van der Waals surface area contributed by atoms with Crippen molar-refractivity contribution in [3.63, 3.8) is 0 Å². The van der Waals surface area contributed by atoms with Crippen LogP contribution >= 0.6 is 0 Å². The van der Waals surface area contributed by atoms with Crippen molar-refractivity contribution in [3.05, 3.63) is 29.8 Å². The number of methoxy groups -OCH3 is 1. The molecule has 1 aromatic carbocycles. The first-order chi connectivity index (χ1) is 10.7. The van der Waals surface area contributed by atoms with Crippen LogP contribution in [0, 0.1) is 5.92 Å². The molecule has 120 valence electrons. The van der Waals surface area contributed by atoms with Crippen LogP contribution in [0.1, 0.15) is 18.4 Å². The molecule has 22 heavy (non-hydrogen) atoms. The second-order valence-electron chi connectivity index (χ2n) is 5.27. The number of esters is 1. The van der Waals surface area contributed by atoms with Gasteiger partial charge in [0.05, 0.1) is 13.0 Å². The average molecular weight is 306 g/mol. The average Bonchev–Trinajstić information content (AvgIpc) is 2.58. The Balaban J connectivity index is 1.82. The number of nitrogens with one attached hydrogen (secondary N) is 2. The van der Waals surface area contributed by atoms with Crippen LogP contribution in [0.4, 0.5) is 0 Å². The molecule has 1 saturated heterocycles. The monoisotopic (exact) mass is 306 g/mol. The molecule has 1 unspecified atom stereocenters. The third-order valence-electron chi connectivity index (χ3n) is 3.62. The predicted molar refractivity (Wildman–Crippen MR) is 81.4 cm³/mol. The van der Waals surface area contributed by atoms with Gasteiger partial charge < -0.3 is 20.1 Å². The summed E-state index contributed by atoms with van der Waals surface area (Å²) in [6.07, 6.45) is 1.97. The molecule has 0 spiro atoms. The molecule has 2 rings (SSSR count). The molecule has 1 atom stereocenters. The summed E-state index contributed by atoms with van der Waals surface area (Å²) in [6.45, 7) is 2.06. The summed E-state index contributed by atoms with van der Waals surface area (Å²) < 4.78 is 9.85. The standard InChI is InChI=1S/C16H22N2O4/c1-21-15(19)11-22-14-6-2-4-12(8-14)9-18-16(20)13-5-3-7-17-10-13/h2,4,6,8,13,17H,3,5,7,9-11H2,1H3,(H,18,20). The van der Waals surface area contributed by atoms with E-state index in [1.807, 2.05) is 18.2 Å². The van der Waals surface area contributed by atoms with Crippen LogP contribution in [-0.2, 0) is 20.9 Å². The number of ether oxygens (including phenoxy) is 2. The van der Waals surface area contributed by atoms with Crippen LogP contribution in [0.25, 0.3) is 0 Å². The molecule has 1 aliphatic heterocycles. The fraction of sp³-hybridized carbons (Fsp3) is 0.500. The highest BCUT2D eigenvalue weighted by Gasteiger charge is 2.20. The van der Waals surface area contributed by atoms with Crippen molar-refractivity contribution in [1.29, 1.82) is 0 Å². The second kappa shape index (κ2) is 8.38. The molecule has 6 nitrogen and oxygen atoms in total. The number of rotatable bonds is 6. The molecule has 0 aliphatic carbocycles. The van der Waals surface area contributed by atoms with Crippen molar-refractivity contribution in [2.24, 2.45) is 5.92 Å². The van der Waals surface area contributed by atoms with Gasteiger partial charge in [-0.05, 0) is 37.1 Å². The highest BCUT2D eigenvalue weighted by Crippen LogP contribution is 2.14. The van der Waals surface area contributed by atoms with Crippen LogP contribution in [-0.4, -0.2) is 38.7 Å². The minimum absolute atomic E-state index is 0.0486. The van der Waals surface area contributed by atoms with Crippen LogP contribution in [0.5, 0.6) is 5.75 Å². The molecule has 6 heteroatoms. The van der Waals surface area contributed by atoms with E-state index in [2.05, 4.69) is 15.4 Å². The van der Waals surface area contributed by atoms with E-state index in [4.69, 9.17) is 4.74 Å². The van der Waals surface area contributed by atoms with Crippen molar-refractivity contribution < 1.29 is 19.1 Å². The van der Waals surface area contributed by atoms with E-state index >= 15 is 0 Å². The van der Waals surface area contributed by atoms with E-state index in [9.17, 15) is 9.59 Å². The number of carbonyl (C=O) groups excluding carboxylic acids is 2. The summed E-state index contributed by atoms with van der Waals surface area (Å²) >= 11 is 0. The smallest absolute Gasteiger partial charge is 0.343 e. The summed E-state index contributed by atoms with van der Waals surface area (Å²) in [7, 11) is 1.32. The molecule has 0 saturated carbocycles. The number of amides is 1. The van der Waals surface area contributed by atoms with Crippen molar-refractivity contribution in [3.8, 4) is 5.75 Å². The van der Waals surface area contributed by atoms with Gasteiger partial charge in [-0.15, -0.1) is 0 Å². The largest absolute Gasteiger partial charge is 0.482 e. The van der Waals surface area contributed by atoms with Crippen molar-refractivity contribution in [2.45, 2.75) is 19.4 Å². The van der Waals surface area contributed by atoms with E-state index in [0.29, 0.717) is 12.3 Å². The Morgan fingerprint density at radius 3 is 3.00 bits per heavy atom. The molecule has 1 aliphatic rings. The van der Waals surface area contributed by atoms with E-state index in [0.717, 1.165) is 31.5 Å². The Kier molecular flexibility index (Phi) is 6.21. The number of hydrogen-bond acceptors (Lipinski definition) is 5. The Morgan fingerprint density at radius 2 is 2.27 bits per heavy atom. The van der Waals surface area contributed by atoms with Gasteiger partial charge in [-0.1, -0.05) is 12.1 Å². The van der Waals surface area contributed by atoms with E-state index in [-0.39, 0.29) is 18.4 Å². The molecule has 1 amide bonds. The molecule has 2 N–H and O–H groups in total. The fourth-order valence-corrected chi connectivity index (χ4v) is 2.36. The summed E-state index contributed by atoms with van der Waals surface area (Å²) in [5, 5.41) is 6.18. The van der Waals surface area contributed by atoms with Crippen LogP contribution in [0.15, 0.2) is 24.3 Å². The topological polar surface area (TPSA) is 76.7 Å². The molecule has 0 radical (unpaired) electrons. The predicted octanol–water partition coefficient (Wildman–Crippen LogP) is 0.854. The van der Waals surface area contributed by atoms with E-state index in [1.54, 1.807) is 6.07 Å². The molecular weight excluding hydrogens is 284 g/mol. The Bertz CT molecular complexity index is 513. The second-order valence-corrected chi connectivity index (χ2v) is 5.27. The van der Waals surface area contributed by atoms with Crippen LogP contribution < -0.4 is 15.4 Å². The Hall–Kier alpha value is -2.08. The molecule has 0 bridgehead atoms. The highest BCUT2D eigenvalue weighted by atomic mass is 16.6.